The number of hydrogen-bond acceptors (Lipinski definition) is 4. The van der Waals surface area contributed by atoms with Gasteiger partial charge in [-0.05, 0) is 48.6 Å². The molecule has 1 unspecified atom stereocenters. The van der Waals surface area contributed by atoms with Gasteiger partial charge in [0.05, 0.1) is 0 Å². The van der Waals surface area contributed by atoms with Crippen molar-refractivity contribution in [3.8, 4) is 11.5 Å². The van der Waals surface area contributed by atoms with E-state index >= 15 is 0 Å². The van der Waals surface area contributed by atoms with Crippen molar-refractivity contribution in [1.82, 2.24) is 5.32 Å². The first-order valence-electron chi connectivity index (χ1n) is 7.77. The minimum atomic E-state index is -0.621. The molecule has 0 aromatic heterocycles. The summed E-state index contributed by atoms with van der Waals surface area (Å²) in [4.78, 5) is 13.1. The summed E-state index contributed by atoms with van der Waals surface area (Å²) in [7, 11) is 0. The van der Waals surface area contributed by atoms with Gasteiger partial charge in [-0.15, -0.1) is 11.8 Å². The molecule has 0 spiro atoms. The van der Waals surface area contributed by atoms with Gasteiger partial charge in [-0.2, -0.15) is 0 Å². The minimum absolute atomic E-state index is 0.170. The molecular formula is C18H18FNO3S. The number of ether oxygens (including phenoxy) is 2. The topological polar surface area (TPSA) is 47.6 Å². The standard InChI is InChI=1S/C18H18FNO3S/c19-13-6-8-14(9-7-13)24-11-3-10-20-18(21)17-12-22-15-4-1-2-5-16(15)23-17/h1-2,4-9,17H,3,10-12H2,(H,20,21). The van der Waals surface area contributed by atoms with Crippen LogP contribution in [0.4, 0.5) is 4.39 Å². The average Bonchev–Trinajstić information content (AvgIpc) is 2.62. The molecule has 1 aliphatic heterocycles. The van der Waals surface area contributed by atoms with Crippen molar-refractivity contribution in [2.24, 2.45) is 0 Å². The molecule has 4 nitrogen and oxygen atoms in total. The summed E-state index contributed by atoms with van der Waals surface area (Å²) in [6, 6.07) is 13.7. The monoisotopic (exact) mass is 347 g/mol. The summed E-state index contributed by atoms with van der Waals surface area (Å²) < 4.78 is 24.0. The van der Waals surface area contributed by atoms with Crippen LogP contribution in [0.25, 0.3) is 0 Å². The lowest BCUT2D eigenvalue weighted by atomic mass is 10.2. The van der Waals surface area contributed by atoms with Crippen LogP contribution in [-0.4, -0.2) is 30.9 Å². The van der Waals surface area contributed by atoms with Gasteiger partial charge in [0.15, 0.2) is 11.5 Å². The molecule has 0 saturated carbocycles. The molecule has 1 heterocycles. The Morgan fingerprint density at radius 3 is 2.71 bits per heavy atom. The molecule has 6 heteroatoms. The largest absolute Gasteiger partial charge is 0.485 e. The molecule has 0 radical (unpaired) electrons. The van der Waals surface area contributed by atoms with Crippen LogP contribution in [0.1, 0.15) is 6.42 Å². The van der Waals surface area contributed by atoms with Crippen LogP contribution in [0.5, 0.6) is 11.5 Å². The number of thioether (sulfide) groups is 1. The lowest BCUT2D eigenvalue weighted by Crippen LogP contribution is -2.44. The van der Waals surface area contributed by atoms with Crippen molar-refractivity contribution in [1.29, 1.82) is 0 Å². The van der Waals surface area contributed by atoms with Crippen LogP contribution >= 0.6 is 11.8 Å². The Hall–Kier alpha value is -2.21. The van der Waals surface area contributed by atoms with Crippen LogP contribution in [0.15, 0.2) is 53.4 Å². The Balaban J connectivity index is 1.36. The number of amides is 1. The number of para-hydroxylation sites is 2. The van der Waals surface area contributed by atoms with Crippen LogP contribution in [-0.2, 0) is 4.79 Å². The van der Waals surface area contributed by atoms with E-state index in [-0.39, 0.29) is 18.3 Å². The van der Waals surface area contributed by atoms with Crippen molar-refractivity contribution >= 4 is 17.7 Å². The van der Waals surface area contributed by atoms with E-state index in [4.69, 9.17) is 9.47 Å². The van der Waals surface area contributed by atoms with E-state index in [1.165, 1.54) is 12.1 Å². The zero-order chi connectivity index (χ0) is 16.8. The summed E-state index contributed by atoms with van der Waals surface area (Å²) in [6.45, 7) is 0.779. The van der Waals surface area contributed by atoms with Gasteiger partial charge >= 0.3 is 0 Å². The van der Waals surface area contributed by atoms with Gasteiger partial charge in [0.25, 0.3) is 5.91 Å². The molecular weight excluding hydrogens is 329 g/mol. The lowest BCUT2D eigenvalue weighted by molar-refractivity contribution is -0.130. The quantitative estimate of drug-likeness (QED) is 0.644. The van der Waals surface area contributed by atoms with Gasteiger partial charge < -0.3 is 14.8 Å². The molecule has 2 aromatic rings. The van der Waals surface area contributed by atoms with Crippen molar-refractivity contribution in [2.75, 3.05) is 18.9 Å². The second kappa shape index (κ2) is 8.06. The predicted molar refractivity (Wildman–Crippen MR) is 91.1 cm³/mol. The maximum atomic E-state index is 12.8. The fraction of sp³-hybridized carbons (Fsp3) is 0.278. The number of carbonyl (C=O) groups is 1. The molecule has 3 rings (SSSR count). The summed E-state index contributed by atoms with van der Waals surface area (Å²) in [6.07, 6.45) is 0.197. The van der Waals surface area contributed by atoms with Gasteiger partial charge in [-0.3, -0.25) is 4.79 Å². The molecule has 0 bridgehead atoms. The van der Waals surface area contributed by atoms with Gasteiger partial charge in [0.1, 0.15) is 12.4 Å². The Labute approximate surface area is 144 Å². The van der Waals surface area contributed by atoms with E-state index in [0.717, 1.165) is 17.1 Å². The van der Waals surface area contributed by atoms with Crippen molar-refractivity contribution in [3.63, 3.8) is 0 Å². The van der Waals surface area contributed by atoms with Crippen LogP contribution < -0.4 is 14.8 Å². The number of rotatable bonds is 6. The average molecular weight is 347 g/mol. The summed E-state index contributed by atoms with van der Waals surface area (Å²) >= 11 is 1.63. The summed E-state index contributed by atoms with van der Waals surface area (Å²) in [5.74, 6) is 1.70. The number of hydrogen-bond donors (Lipinski definition) is 1. The van der Waals surface area contributed by atoms with Crippen LogP contribution in [0, 0.1) is 5.82 Å². The number of carbonyl (C=O) groups excluding carboxylic acids is 1. The maximum Gasteiger partial charge on any atom is 0.264 e. The first-order chi connectivity index (χ1) is 11.7. The Morgan fingerprint density at radius 2 is 1.92 bits per heavy atom. The third-order valence-electron chi connectivity index (χ3n) is 3.50. The van der Waals surface area contributed by atoms with E-state index < -0.39 is 6.10 Å². The number of fused-ring (bicyclic) bond motifs is 1. The third kappa shape index (κ3) is 4.41. The molecule has 0 fully saturated rings. The molecule has 2 aromatic carbocycles. The highest BCUT2D eigenvalue weighted by molar-refractivity contribution is 7.99. The number of halogens is 1. The Kier molecular flexibility index (Phi) is 5.59. The molecule has 0 saturated heterocycles. The Bertz CT molecular complexity index is 693. The maximum absolute atomic E-state index is 12.8. The van der Waals surface area contributed by atoms with Gasteiger partial charge in [-0.25, -0.2) is 4.39 Å². The third-order valence-corrected chi connectivity index (χ3v) is 4.60. The Morgan fingerprint density at radius 1 is 1.17 bits per heavy atom. The molecule has 1 N–H and O–H groups in total. The van der Waals surface area contributed by atoms with Crippen LogP contribution in [0.3, 0.4) is 0 Å². The fourth-order valence-electron chi connectivity index (χ4n) is 2.27. The normalized spacial score (nSPS) is 15.8. The molecule has 1 amide bonds. The molecule has 0 aliphatic carbocycles. The van der Waals surface area contributed by atoms with Gasteiger partial charge in [-0.1, -0.05) is 12.1 Å². The smallest absolute Gasteiger partial charge is 0.264 e. The minimum Gasteiger partial charge on any atom is -0.485 e. The van der Waals surface area contributed by atoms with E-state index in [9.17, 15) is 9.18 Å². The van der Waals surface area contributed by atoms with Crippen molar-refractivity contribution in [2.45, 2.75) is 17.4 Å². The highest BCUT2D eigenvalue weighted by Gasteiger charge is 2.26. The van der Waals surface area contributed by atoms with E-state index in [1.807, 2.05) is 18.2 Å². The lowest BCUT2D eigenvalue weighted by Gasteiger charge is -2.25. The number of nitrogens with one attached hydrogen (secondary N) is 1. The van der Waals surface area contributed by atoms with E-state index in [2.05, 4.69) is 5.32 Å². The van der Waals surface area contributed by atoms with Crippen molar-refractivity contribution in [3.05, 3.63) is 54.3 Å². The number of benzene rings is 2. The van der Waals surface area contributed by atoms with E-state index in [1.54, 1.807) is 30.0 Å². The van der Waals surface area contributed by atoms with Crippen molar-refractivity contribution < 1.29 is 18.7 Å². The van der Waals surface area contributed by atoms with E-state index in [0.29, 0.717) is 18.0 Å². The first-order valence-corrected chi connectivity index (χ1v) is 8.75. The molecule has 24 heavy (non-hydrogen) atoms. The van der Waals surface area contributed by atoms with Crippen LogP contribution in [0.2, 0.25) is 0 Å². The van der Waals surface area contributed by atoms with Gasteiger partial charge in [0, 0.05) is 11.4 Å². The first kappa shape index (κ1) is 16.6. The molecule has 126 valence electrons. The molecule has 1 atom stereocenters. The summed E-state index contributed by atoms with van der Waals surface area (Å²) in [5.41, 5.74) is 0. The predicted octanol–water partition coefficient (Wildman–Crippen LogP) is 3.26. The zero-order valence-corrected chi connectivity index (χ0v) is 13.9. The highest BCUT2D eigenvalue weighted by Crippen LogP contribution is 2.30. The zero-order valence-electron chi connectivity index (χ0n) is 13.0. The SMILES string of the molecule is O=C(NCCCSc1ccc(F)cc1)C1COc2ccccc2O1. The second-order valence-corrected chi connectivity index (χ2v) is 6.48. The fourth-order valence-corrected chi connectivity index (χ4v) is 3.12. The highest BCUT2D eigenvalue weighted by atomic mass is 32.2. The van der Waals surface area contributed by atoms with Gasteiger partial charge in [0.2, 0.25) is 6.10 Å². The summed E-state index contributed by atoms with van der Waals surface area (Å²) in [5, 5.41) is 2.86. The molecule has 1 aliphatic rings. The second-order valence-electron chi connectivity index (χ2n) is 5.31.